The quantitative estimate of drug-likeness (QED) is 0.910. The molecule has 0 aliphatic carbocycles. The number of hydrogen-bond donors (Lipinski definition) is 1. The van der Waals surface area contributed by atoms with Gasteiger partial charge in [-0.05, 0) is 43.7 Å². The second kappa shape index (κ2) is 7.27. The Morgan fingerprint density at radius 3 is 2.65 bits per heavy atom. The van der Waals surface area contributed by atoms with Crippen LogP contribution < -0.4 is 0 Å². The topological polar surface area (TPSA) is 88.3 Å². The van der Waals surface area contributed by atoms with E-state index in [0.29, 0.717) is 24.7 Å². The summed E-state index contributed by atoms with van der Waals surface area (Å²) in [6.45, 7) is 6.42. The summed E-state index contributed by atoms with van der Waals surface area (Å²) in [5.74, 6) is -0.438. The normalized spacial score (nSPS) is 17.5. The van der Waals surface area contributed by atoms with Gasteiger partial charge in [-0.2, -0.15) is 0 Å². The summed E-state index contributed by atoms with van der Waals surface area (Å²) in [4.78, 5) is 30.0. The van der Waals surface area contributed by atoms with Gasteiger partial charge in [0, 0.05) is 6.54 Å². The molecule has 138 valence electrons. The van der Waals surface area contributed by atoms with Crippen LogP contribution in [0.15, 0.2) is 24.3 Å². The number of aryl methyl sites for hydroxylation is 1. The fraction of sp³-hybridized carbons (Fsp3) is 0.474. The van der Waals surface area contributed by atoms with Crippen molar-refractivity contribution in [2.24, 2.45) is 0 Å². The van der Waals surface area contributed by atoms with E-state index in [1.165, 1.54) is 4.90 Å². The fourth-order valence-corrected chi connectivity index (χ4v) is 3.44. The summed E-state index contributed by atoms with van der Waals surface area (Å²) in [5.41, 5.74) is 2.00. The van der Waals surface area contributed by atoms with Crippen LogP contribution in [0.3, 0.4) is 0 Å². The summed E-state index contributed by atoms with van der Waals surface area (Å²) < 4.78 is 1.67. The Kier molecular flexibility index (Phi) is 5.06. The molecule has 0 bridgehead atoms. The van der Waals surface area contributed by atoms with E-state index in [1.54, 1.807) is 11.6 Å². The van der Waals surface area contributed by atoms with Gasteiger partial charge in [-0.25, -0.2) is 14.5 Å². The summed E-state index contributed by atoms with van der Waals surface area (Å²) >= 11 is 0. The monoisotopic (exact) mass is 356 g/mol. The lowest BCUT2D eigenvalue weighted by atomic mass is 10.0. The highest BCUT2D eigenvalue weighted by molar-refractivity contribution is 5.93. The zero-order valence-corrected chi connectivity index (χ0v) is 15.3. The van der Waals surface area contributed by atoms with Crippen LogP contribution in [-0.4, -0.2) is 49.2 Å². The van der Waals surface area contributed by atoms with Gasteiger partial charge in [-0.15, -0.1) is 5.10 Å². The molecular formula is C19H24N4O3. The van der Waals surface area contributed by atoms with Crippen molar-refractivity contribution in [3.8, 4) is 5.69 Å². The first kappa shape index (κ1) is 18.1. The number of aromatic nitrogens is 3. The van der Waals surface area contributed by atoms with E-state index >= 15 is 0 Å². The van der Waals surface area contributed by atoms with Gasteiger partial charge in [-0.3, -0.25) is 4.79 Å². The molecule has 0 saturated carbocycles. The van der Waals surface area contributed by atoms with Crippen molar-refractivity contribution < 1.29 is 14.7 Å². The lowest BCUT2D eigenvalue weighted by molar-refractivity contribution is -0.143. The van der Waals surface area contributed by atoms with Gasteiger partial charge in [0.15, 0.2) is 0 Å². The first-order valence-corrected chi connectivity index (χ1v) is 8.97. The number of carbonyl (C=O) groups is 2. The van der Waals surface area contributed by atoms with Gasteiger partial charge < -0.3 is 10.0 Å². The Morgan fingerprint density at radius 1 is 1.23 bits per heavy atom. The maximum Gasteiger partial charge on any atom is 0.326 e. The van der Waals surface area contributed by atoms with Gasteiger partial charge in [0.1, 0.15) is 11.9 Å². The largest absolute Gasteiger partial charge is 0.480 e. The zero-order chi connectivity index (χ0) is 18.8. The maximum absolute atomic E-state index is 12.9. The average molecular weight is 356 g/mol. The number of rotatable bonds is 4. The molecule has 1 aliphatic rings. The predicted octanol–water partition coefficient (Wildman–Crippen LogP) is 2.78. The van der Waals surface area contributed by atoms with E-state index < -0.39 is 17.9 Å². The van der Waals surface area contributed by atoms with Crippen molar-refractivity contribution in [1.29, 1.82) is 0 Å². The highest BCUT2D eigenvalue weighted by atomic mass is 16.4. The van der Waals surface area contributed by atoms with Crippen molar-refractivity contribution in [1.82, 2.24) is 19.7 Å². The molecule has 1 saturated heterocycles. The molecular weight excluding hydrogens is 332 g/mol. The van der Waals surface area contributed by atoms with Crippen molar-refractivity contribution >= 4 is 11.9 Å². The van der Waals surface area contributed by atoms with E-state index in [2.05, 4.69) is 23.9 Å². The second-order valence-corrected chi connectivity index (χ2v) is 6.96. The number of carboxylic acid groups (broad SMARTS) is 1. The molecule has 1 atom stereocenters. The maximum atomic E-state index is 12.9. The number of hydrogen-bond acceptors (Lipinski definition) is 4. The van der Waals surface area contributed by atoms with Crippen molar-refractivity contribution in [2.75, 3.05) is 6.54 Å². The first-order valence-electron chi connectivity index (χ1n) is 8.97. The van der Waals surface area contributed by atoms with Crippen LogP contribution in [0.25, 0.3) is 5.69 Å². The third kappa shape index (κ3) is 3.34. The summed E-state index contributed by atoms with van der Waals surface area (Å²) in [5, 5.41) is 13.8. The van der Waals surface area contributed by atoms with E-state index in [4.69, 9.17) is 0 Å². The minimum atomic E-state index is -0.973. The second-order valence-electron chi connectivity index (χ2n) is 6.96. The number of piperidine rings is 1. The molecule has 2 heterocycles. The number of carboxylic acids is 1. The Hall–Kier alpha value is -2.70. The lowest BCUT2D eigenvalue weighted by Crippen LogP contribution is -2.48. The number of nitrogens with zero attached hydrogens (tertiary/aromatic N) is 4. The first-order chi connectivity index (χ1) is 12.4. The van der Waals surface area contributed by atoms with Crippen LogP contribution >= 0.6 is 0 Å². The number of aliphatic carboxylic acids is 1. The third-order valence-electron chi connectivity index (χ3n) is 4.80. The molecule has 1 amide bonds. The lowest BCUT2D eigenvalue weighted by Gasteiger charge is -2.31. The summed E-state index contributed by atoms with van der Waals surface area (Å²) in [6.07, 6.45) is 2.08. The standard InChI is InChI=1S/C19H24N4O3/c1-12(2)14-8-4-5-9-15(14)23-13(3)20-17(21-23)18(24)22-11-7-6-10-16(22)19(25)26/h4-5,8-9,12,16H,6-7,10-11H2,1-3H3,(H,25,26). The predicted molar refractivity (Wildman–Crippen MR) is 96.5 cm³/mol. The Labute approximate surface area is 152 Å². The molecule has 3 rings (SSSR count). The Balaban J connectivity index is 1.96. The number of carbonyl (C=O) groups excluding carboxylic acids is 1. The van der Waals surface area contributed by atoms with Crippen LogP contribution in [-0.2, 0) is 4.79 Å². The van der Waals surface area contributed by atoms with Gasteiger partial charge in [0.25, 0.3) is 5.91 Å². The van der Waals surface area contributed by atoms with Gasteiger partial charge in [0.05, 0.1) is 5.69 Å². The molecule has 1 unspecified atom stereocenters. The number of likely N-dealkylation sites (tertiary alicyclic amines) is 1. The van der Waals surface area contributed by atoms with Crippen molar-refractivity contribution in [3.63, 3.8) is 0 Å². The minimum Gasteiger partial charge on any atom is -0.480 e. The van der Waals surface area contributed by atoms with Gasteiger partial charge >= 0.3 is 5.97 Å². The SMILES string of the molecule is Cc1nc(C(=O)N2CCCCC2C(=O)O)nn1-c1ccccc1C(C)C. The molecule has 2 aromatic rings. The summed E-state index contributed by atoms with van der Waals surface area (Å²) in [6, 6.07) is 7.09. The smallest absolute Gasteiger partial charge is 0.326 e. The molecule has 7 nitrogen and oxygen atoms in total. The van der Waals surface area contributed by atoms with Crippen LogP contribution in [0.1, 0.15) is 61.0 Å². The summed E-state index contributed by atoms with van der Waals surface area (Å²) in [7, 11) is 0. The Bertz CT molecular complexity index is 828. The molecule has 26 heavy (non-hydrogen) atoms. The molecule has 0 radical (unpaired) electrons. The van der Waals surface area contributed by atoms with Crippen LogP contribution in [0.4, 0.5) is 0 Å². The van der Waals surface area contributed by atoms with Crippen LogP contribution in [0.5, 0.6) is 0 Å². The van der Waals surface area contributed by atoms with Crippen molar-refractivity contribution in [3.05, 3.63) is 41.5 Å². The van der Waals surface area contributed by atoms with Gasteiger partial charge in [0.2, 0.25) is 5.82 Å². The van der Waals surface area contributed by atoms with Crippen LogP contribution in [0.2, 0.25) is 0 Å². The van der Waals surface area contributed by atoms with E-state index in [0.717, 1.165) is 24.1 Å². The molecule has 1 N–H and O–H groups in total. The number of amides is 1. The molecule has 1 fully saturated rings. The van der Waals surface area contributed by atoms with E-state index in [-0.39, 0.29) is 5.82 Å². The highest BCUT2D eigenvalue weighted by Gasteiger charge is 2.34. The molecule has 0 spiro atoms. The molecule has 1 aromatic heterocycles. The van der Waals surface area contributed by atoms with E-state index in [1.807, 2.05) is 24.3 Å². The minimum absolute atomic E-state index is 0.0502. The number of para-hydroxylation sites is 1. The molecule has 1 aromatic carbocycles. The third-order valence-corrected chi connectivity index (χ3v) is 4.80. The molecule has 7 heteroatoms. The number of benzene rings is 1. The Morgan fingerprint density at radius 2 is 1.96 bits per heavy atom. The van der Waals surface area contributed by atoms with E-state index in [9.17, 15) is 14.7 Å². The average Bonchev–Trinajstić information content (AvgIpc) is 3.02. The van der Waals surface area contributed by atoms with Crippen molar-refractivity contribution in [2.45, 2.75) is 52.0 Å². The fourth-order valence-electron chi connectivity index (χ4n) is 3.44. The van der Waals surface area contributed by atoms with Gasteiger partial charge in [-0.1, -0.05) is 32.0 Å². The zero-order valence-electron chi connectivity index (χ0n) is 15.3. The molecule has 1 aliphatic heterocycles. The van der Waals surface area contributed by atoms with Crippen LogP contribution in [0, 0.1) is 6.92 Å². The highest BCUT2D eigenvalue weighted by Crippen LogP contribution is 2.24.